The number of hydrogen-bond donors (Lipinski definition) is 2. The monoisotopic (exact) mass is 370 g/mol. The summed E-state index contributed by atoms with van der Waals surface area (Å²) < 4.78 is 16.1. The van der Waals surface area contributed by atoms with Crippen molar-refractivity contribution in [3.63, 3.8) is 0 Å². The first-order valence-corrected chi connectivity index (χ1v) is 8.57. The normalized spacial score (nSPS) is 19.4. The van der Waals surface area contributed by atoms with Crippen LogP contribution < -0.4 is 20.5 Å². The molecule has 0 aromatic heterocycles. The molecule has 1 amide bonds. The molecule has 7 heteroatoms. The van der Waals surface area contributed by atoms with Crippen molar-refractivity contribution in [1.29, 1.82) is 0 Å². The molecule has 0 aliphatic carbocycles. The number of nitrogens with one attached hydrogen (secondary N) is 1. The lowest BCUT2D eigenvalue weighted by atomic mass is 10.0. The second-order valence-corrected chi connectivity index (χ2v) is 6.33. The number of rotatable bonds is 2. The van der Waals surface area contributed by atoms with Gasteiger partial charge in [-0.15, -0.1) is 0 Å². The predicted octanol–water partition coefficient (Wildman–Crippen LogP) is 1.57. The Kier molecular flexibility index (Phi) is 5.61. The zero-order chi connectivity index (χ0) is 19.4. The smallest absolute Gasteiger partial charge is 0.328 e. The van der Waals surface area contributed by atoms with Gasteiger partial charge in [0.05, 0.1) is 20.3 Å². The molecule has 4 rings (SSSR count). The molecule has 142 valence electrons. The number of carbonyl (C=O) groups is 2. The van der Waals surface area contributed by atoms with Gasteiger partial charge in [0, 0.05) is 6.42 Å². The molecule has 0 spiro atoms. The van der Waals surface area contributed by atoms with Gasteiger partial charge in [-0.05, 0) is 41.8 Å². The van der Waals surface area contributed by atoms with Crippen LogP contribution in [0.3, 0.4) is 0 Å². The number of esters is 1. The lowest BCUT2D eigenvalue weighted by Gasteiger charge is -2.21. The molecule has 27 heavy (non-hydrogen) atoms. The van der Waals surface area contributed by atoms with Gasteiger partial charge in [0.2, 0.25) is 5.91 Å². The molecule has 2 heterocycles. The van der Waals surface area contributed by atoms with Crippen LogP contribution >= 0.6 is 0 Å². The van der Waals surface area contributed by atoms with E-state index in [1.54, 1.807) is 19.2 Å². The Balaban J connectivity index is 2.03. The standard InChI is InChI=1S/C20H22N2O5/c1-25-17-8-5-13-10-16(20(24)26-2)22-19(23)15(21)9-12-3-6-14(7-4-12)27-18(17)11-13/h3-8,11,15-16H,9-10,21H2,1-2H3,(H,22,23)/t15-,16+/m0/s1. The summed E-state index contributed by atoms with van der Waals surface area (Å²) in [6, 6.07) is 11.0. The van der Waals surface area contributed by atoms with Crippen LogP contribution in [0, 0.1) is 0 Å². The fourth-order valence-electron chi connectivity index (χ4n) is 2.95. The van der Waals surface area contributed by atoms with E-state index in [4.69, 9.17) is 19.9 Å². The highest BCUT2D eigenvalue weighted by atomic mass is 16.5. The van der Waals surface area contributed by atoms with Crippen LogP contribution in [0.5, 0.6) is 17.2 Å². The van der Waals surface area contributed by atoms with Crippen molar-refractivity contribution in [2.75, 3.05) is 14.2 Å². The van der Waals surface area contributed by atoms with Crippen LogP contribution in [-0.4, -0.2) is 38.2 Å². The largest absolute Gasteiger partial charge is 0.493 e. The fourth-order valence-corrected chi connectivity index (χ4v) is 2.95. The molecule has 2 aliphatic rings. The summed E-state index contributed by atoms with van der Waals surface area (Å²) in [6.45, 7) is 0. The van der Waals surface area contributed by atoms with Crippen molar-refractivity contribution in [2.24, 2.45) is 5.73 Å². The zero-order valence-electron chi connectivity index (χ0n) is 15.2. The van der Waals surface area contributed by atoms with Crippen LogP contribution in [0.2, 0.25) is 0 Å². The van der Waals surface area contributed by atoms with Crippen molar-refractivity contribution >= 4 is 11.9 Å². The third kappa shape index (κ3) is 4.38. The number of nitrogens with two attached hydrogens (primary N) is 1. The summed E-state index contributed by atoms with van der Waals surface area (Å²) in [4.78, 5) is 24.6. The van der Waals surface area contributed by atoms with E-state index in [2.05, 4.69) is 5.32 Å². The second kappa shape index (κ2) is 8.09. The minimum Gasteiger partial charge on any atom is -0.493 e. The average molecular weight is 370 g/mol. The SMILES string of the molecule is COC(=O)[C@H]1Cc2ccc(OC)c(c2)Oc2ccc(cc2)C[C@H](N)C(=O)N1. The number of fused-ring (bicyclic) bond motifs is 7. The molecule has 0 unspecified atom stereocenters. The Bertz CT molecular complexity index is 835. The van der Waals surface area contributed by atoms with Gasteiger partial charge in [0.1, 0.15) is 11.8 Å². The van der Waals surface area contributed by atoms with E-state index in [1.807, 2.05) is 30.3 Å². The molecule has 2 aromatic rings. The van der Waals surface area contributed by atoms with Crippen molar-refractivity contribution in [2.45, 2.75) is 24.9 Å². The molecule has 7 nitrogen and oxygen atoms in total. The van der Waals surface area contributed by atoms with Crippen LogP contribution in [0.25, 0.3) is 0 Å². The predicted molar refractivity (Wildman–Crippen MR) is 98.8 cm³/mol. The first kappa shape index (κ1) is 18.7. The van der Waals surface area contributed by atoms with E-state index in [1.165, 1.54) is 7.11 Å². The highest BCUT2D eigenvalue weighted by Gasteiger charge is 2.25. The fraction of sp³-hybridized carbons (Fsp3) is 0.300. The quantitative estimate of drug-likeness (QED) is 0.779. The number of hydrogen-bond acceptors (Lipinski definition) is 6. The summed E-state index contributed by atoms with van der Waals surface area (Å²) >= 11 is 0. The molecule has 2 atom stereocenters. The van der Waals surface area contributed by atoms with Crippen molar-refractivity contribution in [3.8, 4) is 17.2 Å². The summed E-state index contributed by atoms with van der Waals surface area (Å²) in [7, 11) is 2.84. The maximum absolute atomic E-state index is 12.5. The van der Waals surface area contributed by atoms with Gasteiger partial charge in [-0.2, -0.15) is 0 Å². The molecule has 4 bridgehead atoms. The van der Waals surface area contributed by atoms with E-state index in [9.17, 15) is 9.59 Å². The first-order chi connectivity index (χ1) is 13.0. The van der Waals surface area contributed by atoms with Crippen molar-refractivity contribution in [3.05, 3.63) is 53.6 Å². The van der Waals surface area contributed by atoms with E-state index in [-0.39, 0.29) is 6.42 Å². The molecule has 2 aliphatic heterocycles. The van der Waals surface area contributed by atoms with Gasteiger partial charge in [0.15, 0.2) is 11.5 Å². The van der Waals surface area contributed by atoms with Crippen LogP contribution in [0.4, 0.5) is 0 Å². The number of carbonyl (C=O) groups excluding carboxylic acids is 2. The van der Waals surface area contributed by atoms with Gasteiger partial charge >= 0.3 is 5.97 Å². The third-order valence-electron chi connectivity index (χ3n) is 4.41. The van der Waals surface area contributed by atoms with E-state index >= 15 is 0 Å². The zero-order valence-corrected chi connectivity index (χ0v) is 15.2. The van der Waals surface area contributed by atoms with Crippen molar-refractivity contribution < 1.29 is 23.8 Å². The van der Waals surface area contributed by atoms with Crippen LogP contribution in [-0.2, 0) is 27.2 Å². The Hall–Kier alpha value is -3.06. The highest BCUT2D eigenvalue weighted by Crippen LogP contribution is 2.33. The Morgan fingerprint density at radius 3 is 2.48 bits per heavy atom. The minimum atomic E-state index is -0.848. The number of methoxy groups -OCH3 is 2. The van der Waals surface area contributed by atoms with Gasteiger partial charge in [-0.3, -0.25) is 4.79 Å². The number of benzene rings is 2. The average Bonchev–Trinajstić information content (AvgIpc) is 2.68. The van der Waals surface area contributed by atoms with Gasteiger partial charge in [-0.1, -0.05) is 18.2 Å². The third-order valence-corrected chi connectivity index (χ3v) is 4.41. The molecule has 0 fully saturated rings. The van der Waals surface area contributed by atoms with Gasteiger partial charge < -0.3 is 25.3 Å². The molecule has 3 N–H and O–H groups in total. The topological polar surface area (TPSA) is 99.9 Å². The van der Waals surface area contributed by atoms with E-state index < -0.39 is 24.0 Å². The number of ether oxygens (including phenoxy) is 3. The Morgan fingerprint density at radius 1 is 1.11 bits per heavy atom. The van der Waals surface area contributed by atoms with Crippen LogP contribution in [0.15, 0.2) is 42.5 Å². The van der Waals surface area contributed by atoms with Crippen LogP contribution in [0.1, 0.15) is 11.1 Å². The molecule has 2 aromatic carbocycles. The summed E-state index contributed by atoms with van der Waals surface area (Å²) in [5.74, 6) is 0.775. The lowest BCUT2D eigenvalue weighted by molar-refractivity contribution is -0.145. The molecule has 0 radical (unpaired) electrons. The van der Waals surface area contributed by atoms with Crippen molar-refractivity contribution in [1.82, 2.24) is 5.32 Å². The van der Waals surface area contributed by atoms with E-state index in [0.717, 1.165) is 11.1 Å². The van der Waals surface area contributed by atoms with Gasteiger partial charge in [-0.25, -0.2) is 4.79 Å². The summed E-state index contributed by atoms with van der Waals surface area (Å²) in [5, 5.41) is 2.69. The molecule has 0 saturated heterocycles. The maximum Gasteiger partial charge on any atom is 0.328 e. The summed E-state index contributed by atoms with van der Waals surface area (Å²) in [5.41, 5.74) is 7.68. The lowest BCUT2D eigenvalue weighted by Crippen LogP contribution is -2.50. The van der Waals surface area contributed by atoms with E-state index in [0.29, 0.717) is 23.7 Å². The second-order valence-electron chi connectivity index (χ2n) is 6.33. The summed E-state index contributed by atoms with van der Waals surface area (Å²) in [6.07, 6.45) is 0.581. The van der Waals surface area contributed by atoms with Gasteiger partial charge in [0.25, 0.3) is 0 Å². The Morgan fingerprint density at radius 2 is 1.81 bits per heavy atom. The first-order valence-electron chi connectivity index (χ1n) is 8.57. The molecular formula is C20H22N2O5. The minimum absolute atomic E-state index is 0.239. The molecule has 0 saturated carbocycles. The molecular weight excluding hydrogens is 348 g/mol. The Labute approximate surface area is 157 Å². The highest BCUT2D eigenvalue weighted by molar-refractivity contribution is 5.87. The number of amides is 1. The maximum atomic E-state index is 12.5.